The molecule has 0 atom stereocenters. The Kier molecular flexibility index (Phi) is 7.94. The van der Waals surface area contributed by atoms with Gasteiger partial charge in [-0.25, -0.2) is 4.98 Å². The van der Waals surface area contributed by atoms with E-state index in [9.17, 15) is 9.59 Å². The van der Waals surface area contributed by atoms with Crippen LogP contribution in [0.15, 0.2) is 28.7 Å². The predicted octanol–water partition coefficient (Wildman–Crippen LogP) is 3.26. The Balaban J connectivity index is 1.98. The number of hydrazone groups is 1. The first kappa shape index (κ1) is 21.4. The van der Waals surface area contributed by atoms with Gasteiger partial charge in [-0.1, -0.05) is 13.8 Å². The van der Waals surface area contributed by atoms with Crippen molar-refractivity contribution in [3.05, 3.63) is 34.8 Å². The number of nitrogens with zero attached hydrogens (tertiary/aromatic N) is 2. The Morgan fingerprint density at radius 3 is 2.79 bits per heavy atom. The summed E-state index contributed by atoms with van der Waals surface area (Å²) in [6, 6.07) is 5.12. The molecule has 0 fully saturated rings. The van der Waals surface area contributed by atoms with E-state index in [-0.39, 0.29) is 24.3 Å². The van der Waals surface area contributed by atoms with Crippen LogP contribution in [0.5, 0.6) is 11.5 Å². The number of carbonyl (C=O) groups is 2. The van der Waals surface area contributed by atoms with Crippen LogP contribution in [-0.4, -0.2) is 36.9 Å². The summed E-state index contributed by atoms with van der Waals surface area (Å²) in [6.45, 7) is 5.63. The molecule has 0 radical (unpaired) electrons. The number of ether oxygens (including phenoxy) is 3. The highest BCUT2D eigenvalue weighted by atomic mass is 32.1. The number of benzene rings is 1. The summed E-state index contributed by atoms with van der Waals surface area (Å²) in [5.41, 5.74) is 4.19. The van der Waals surface area contributed by atoms with Crippen LogP contribution >= 0.6 is 11.3 Å². The molecule has 0 aliphatic carbocycles. The molecule has 0 amide bonds. The lowest BCUT2D eigenvalue weighted by molar-refractivity contribution is -0.142. The summed E-state index contributed by atoms with van der Waals surface area (Å²) in [7, 11) is 1.50. The Bertz CT molecular complexity index is 848. The lowest BCUT2D eigenvalue weighted by Crippen LogP contribution is -2.15. The molecule has 2 aromatic rings. The van der Waals surface area contributed by atoms with Crippen molar-refractivity contribution in [2.75, 3.05) is 19.1 Å². The number of anilines is 1. The number of hydrogen-bond donors (Lipinski definition) is 1. The van der Waals surface area contributed by atoms with E-state index in [2.05, 4.69) is 15.5 Å². The molecule has 1 aromatic heterocycles. The van der Waals surface area contributed by atoms with Gasteiger partial charge >= 0.3 is 11.9 Å². The number of methoxy groups -OCH3 is 1. The number of thiazole rings is 1. The quantitative estimate of drug-likeness (QED) is 0.296. The van der Waals surface area contributed by atoms with E-state index in [1.807, 2.05) is 0 Å². The first-order chi connectivity index (χ1) is 13.4. The van der Waals surface area contributed by atoms with Crippen molar-refractivity contribution < 1.29 is 23.8 Å². The number of esters is 2. The maximum absolute atomic E-state index is 11.8. The highest BCUT2D eigenvalue weighted by Gasteiger charge is 2.13. The largest absolute Gasteiger partial charge is 0.493 e. The average molecular weight is 405 g/mol. The van der Waals surface area contributed by atoms with Crippen molar-refractivity contribution in [2.24, 2.45) is 11.0 Å². The normalized spacial score (nSPS) is 10.9. The summed E-state index contributed by atoms with van der Waals surface area (Å²) >= 11 is 1.34. The van der Waals surface area contributed by atoms with Crippen LogP contribution in [0.2, 0.25) is 0 Å². The number of carbonyl (C=O) groups excluding carboxylic acids is 2. The van der Waals surface area contributed by atoms with Gasteiger partial charge in [0.05, 0.1) is 38.0 Å². The number of aromatic nitrogens is 1. The van der Waals surface area contributed by atoms with Crippen LogP contribution in [0.4, 0.5) is 5.13 Å². The lowest BCUT2D eigenvalue weighted by Gasteiger charge is -2.11. The van der Waals surface area contributed by atoms with E-state index in [1.165, 1.54) is 18.4 Å². The second-order valence-corrected chi connectivity index (χ2v) is 6.84. The third-order valence-electron chi connectivity index (χ3n) is 3.43. The predicted molar refractivity (Wildman–Crippen MR) is 107 cm³/mol. The molecule has 0 saturated carbocycles. The van der Waals surface area contributed by atoms with E-state index in [0.717, 1.165) is 5.56 Å². The highest BCUT2D eigenvalue weighted by molar-refractivity contribution is 7.13. The van der Waals surface area contributed by atoms with E-state index < -0.39 is 0 Å². The maximum Gasteiger partial charge on any atom is 0.313 e. The molecule has 0 aliphatic heterocycles. The fourth-order valence-corrected chi connectivity index (χ4v) is 2.70. The fraction of sp³-hybridized carbons (Fsp3) is 0.368. The molecule has 150 valence electrons. The zero-order valence-corrected chi connectivity index (χ0v) is 17.0. The van der Waals surface area contributed by atoms with Crippen molar-refractivity contribution in [1.29, 1.82) is 0 Å². The van der Waals surface area contributed by atoms with Crippen molar-refractivity contribution in [2.45, 2.75) is 27.2 Å². The SMILES string of the molecule is CCOC(=O)Cc1csc(NN=Cc2ccc(OC(=O)C(C)C)c(OC)c2)n1. The molecule has 1 N–H and O–H groups in total. The van der Waals surface area contributed by atoms with Crippen LogP contribution < -0.4 is 14.9 Å². The monoisotopic (exact) mass is 405 g/mol. The minimum Gasteiger partial charge on any atom is -0.493 e. The van der Waals surface area contributed by atoms with E-state index in [0.29, 0.717) is 28.9 Å². The van der Waals surface area contributed by atoms with Gasteiger partial charge in [-0.2, -0.15) is 5.10 Å². The minimum absolute atomic E-state index is 0.128. The summed E-state index contributed by atoms with van der Waals surface area (Å²) in [5, 5.41) is 6.46. The molecule has 0 spiro atoms. The standard InChI is InChI=1S/C19H23N3O5S/c1-5-26-17(23)9-14-11-28-19(21-14)22-20-10-13-6-7-15(16(8-13)25-4)27-18(24)12(2)3/h6-8,10-12H,5,9H2,1-4H3,(H,21,22). The van der Waals surface area contributed by atoms with E-state index in [4.69, 9.17) is 14.2 Å². The van der Waals surface area contributed by atoms with Gasteiger partial charge in [0.25, 0.3) is 0 Å². The van der Waals surface area contributed by atoms with Gasteiger partial charge < -0.3 is 14.2 Å². The molecule has 1 heterocycles. The molecule has 2 rings (SSSR count). The second-order valence-electron chi connectivity index (χ2n) is 5.98. The summed E-state index contributed by atoms with van der Waals surface area (Å²) < 4.78 is 15.5. The van der Waals surface area contributed by atoms with Crippen molar-refractivity contribution in [1.82, 2.24) is 4.98 Å². The van der Waals surface area contributed by atoms with Crippen molar-refractivity contribution >= 4 is 34.6 Å². The van der Waals surface area contributed by atoms with E-state index >= 15 is 0 Å². The molecule has 0 saturated heterocycles. The third-order valence-corrected chi connectivity index (χ3v) is 4.22. The molecular weight excluding hydrogens is 382 g/mol. The first-order valence-corrected chi connectivity index (χ1v) is 9.59. The van der Waals surface area contributed by atoms with Crippen molar-refractivity contribution in [3.63, 3.8) is 0 Å². The van der Waals surface area contributed by atoms with Crippen LogP contribution in [0.1, 0.15) is 32.0 Å². The van der Waals surface area contributed by atoms with Crippen molar-refractivity contribution in [3.8, 4) is 11.5 Å². The Morgan fingerprint density at radius 1 is 1.32 bits per heavy atom. The number of hydrogen-bond acceptors (Lipinski definition) is 9. The lowest BCUT2D eigenvalue weighted by atomic mass is 10.2. The number of rotatable bonds is 9. The van der Waals surface area contributed by atoms with Gasteiger partial charge in [-0.15, -0.1) is 11.3 Å². The van der Waals surface area contributed by atoms with Crippen LogP contribution in [0, 0.1) is 5.92 Å². The molecule has 0 aliphatic rings. The smallest absolute Gasteiger partial charge is 0.313 e. The molecular formula is C19H23N3O5S. The molecule has 0 unspecified atom stereocenters. The zero-order chi connectivity index (χ0) is 20.5. The van der Waals surface area contributed by atoms with Crippen LogP contribution in [0.3, 0.4) is 0 Å². The van der Waals surface area contributed by atoms with Gasteiger partial charge in [0.1, 0.15) is 0 Å². The van der Waals surface area contributed by atoms with E-state index in [1.54, 1.807) is 50.6 Å². The molecule has 28 heavy (non-hydrogen) atoms. The Labute approximate surface area is 167 Å². The minimum atomic E-state index is -0.330. The molecule has 0 bridgehead atoms. The molecule has 1 aromatic carbocycles. The highest BCUT2D eigenvalue weighted by Crippen LogP contribution is 2.28. The van der Waals surface area contributed by atoms with Crippen LogP contribution in [0.25, 0.3) is 0 Å². The third kappa shape index (κ3) is 6.34. The fourth-order valence-electron chi connectivity index (χ4n) is 2.04. The van der Waals surface area contributed by atoms with Gasteiger partial charge in [0.2, 0.25) is 5.13 Å². The Hall–Kier alpha value is -2.94. The summed E-state index contributed by atoms with van der Waals surface area (Å²) in [5.74, 6) is -0.0853. The zero-order valence-electron chi connectivity index (χ0n) is 16.2. The van der Waals surface area contributed by atoms with Gasteiger partial charge in [-0.05, 0) is 30.7 Å². The molecule has 9 heteroatoms. The summed E-state index contributed by atoms with van der Waals surface area (Å²) in [6.07, 6.45) is 1.71. The average Bonchev–Trinajstić information content (AvgIpc) is 3.09. The number of nitrogens with one attached hydrogen (secondary N) is 1. The van der Waals surface area contributed by atoms with Gasteiger partial charge in [0.15, 0.2) is 11.5 Å². The second kappa shape index (κ2) is 10.4. The first-order valence-electron chi connectivity index (χ1n) is 8.71. The molecule has 8 nitrogen and oxygen atoms in total. The van der Waals surface area contributed by atoms with Crippen LogP contribution in [-0.2, 0) is 20.7 Å². The Morgan fingerprint density at radius 2 is 2.11 bits per heavy atom. The van der Waals surface area contributed by atoms with Gasteiger partial charge in [0, 0.05) is 5.38 Å². The topological polar surface area (TPSA) is 99.1 Å². The summed E-state index contributed by atoms with van der Waals surface area (Å²) in [4.78, 5) is 27.5. The van der Waals surface area contributed by atoms with Gasteiger partial charge in [-0.3, -0.25) is 15.0 Å². The maximum atomic E-state index is 11.8.